The van der Waals surface area contributed by atoms with E-state index >= 15 is 0 Å². The van der Waals surface area contributed by atoms with Crippen LogP contribution in [0.15, 0.2) is 36.4 Å². The van der Waals surface area contributed by atoms with Crippen molar-refractivity contribution in [3.63, 3.8) is 0 Å². The van der Waals surface area contributed by atoms with Crippen molar-refractivity contribution in [2.45, 2.75) is 26.8 Å². The van der Waals surface area contributed by atoms with Crippen LogP contribution < -0.4 is 5.32 Å². The largest absolute Gasteiger partial charge is 0.464 e. The maximum Gasteiger partial charge on any atom is 0.333 e. The fourth-order valence-electron chi connectivity index (χ4n) is 2.13. The monoisotopic (exact) mass is 289 g/mol. The first kappa shape index (κ1) is 14.6. The summed E-state index contributed by atoms with van der Waals surface area (Å²) in [6.07, 6.45) is 0. The van der Waals surface area contributed by atoms with E-state index in [1.165, 1.54) is 4.88 Å². The average molecular weight is 289 g/mol. The lowest BCUT2D eigenvalue weighted by Gasteiger charge is -2.18. The molecule has 1 aromatic heterocycles. The zero-order chi connectivity index (χ0) is 14.5. The van der Waals surface area contributed by atoms with Gasteiger partial charge in [-0.15, -0.1) is 11.3 Å². The Hall–Kier alpha value is -1.81. The van der Waals surface area contributed by atoms with Gasteiger partial charge in [-0.3, -0.25) is 0 Å². The summed E-state index contributed by atoms with van der Waals surface area (Å²) in [6.45, 7) is 6.29. The molecule has 4 heteroatoms. The van der Waals surface area contributed by atoms with Gasteiger partial charge in [0.15, 0.2) is 6.04 Å². The Balaban J connectivity index is 2.30. The number of hydrogen-bond donors (Lipinski definition) is 1. The Morgan fingerprint density at radius 3 is 2.55 bits per heavy atom. The molecule has 106 valence electrons. The standard InChI is InChI=1S/C16H19NO2S/c1-4-19-16(18)15(14-10-11(2)20-12(14)3)17-13-8-6-5-7-9-13/h5-10,15,17H,4H2,1-3H3. The fourth-order valence-corrected chi connectivity index (χ4v) is 3.09. The smallest absolute Gasteiger partial charge is 0.333 e. The van der Waals surface area contributed by atoms with Crippen molar-refractivity contribution in [1.29, 1.82) is 0 Å². The number of anilines is 1. The van der Waals surface area contributed by atoms with Gasteiger partial charge < -0.3 is 10.1 Å². The molecule has 0 spiro atoms. The normalized spacial score (nSPS) is 11.9. The molecule has 0 fully saturated rings. The second-order valence-corrected chi connectivity index (χ2v) is 6.02. The molecule has 1 unspecified atom stereocenters. The Bertz CT molecular complexity index is 577. The summed E-state index contributed by atoms with van der Waals surface area (Å²) < 4.78 is 5.20. The average Bonchev–Trinajstić information content (AvgIpc) is 2.76. The van der Waals surface area contributed by atoms with Crippen molar-refractivity contribution in [1.82, 2.24) is 0 Å². The molecule has 1 N–H and O–H groups in total. The topological polar surface area (TPSA) is 38.3 Å². The van der Waals surface area contributed by atoms with Gasteiger partial charge in [0.05, 0.1) is 6.61 Å². The lowest BCUT2D eigenvalue weighted by molar-refractivity contribution is -0.144. The number of carbonyl (C=O) groups is 1. The van der Waals surface area contributed by atoms with E-state index in [0.29, 0.717) is 6.61 Å². The molecular formula is C16H19NO2S. The van der Waals surface area contributed by atoms with Crippen molar-refractivity contribution >= 4 is 23.0 Å². The molecule has 0 aliphatic heterocycles. The lowest BCUT2D eigenvalue weighted by atomic mass is 10.1. The number of nitrogens with one attached hydrogen (secondary N) is 1. The van der Waals surface area contributed by atoms with E-state index in [1.54, 1.807) is 11.3 Å². The molecular weight excluding hydrogens is 270 g/mol. The van der Waals surface area contributed by atoms with Crippen molar-refractivity contribution in [2.24, 2.45) is 0 Å². The number of benzene rings is 1. The van der Waals surface area contributed by atoms with E-state index in [4.69, 9.17) is 4.74 Å². The highest BCUT2D eigenvalue weighted by molar-refractivity contribution is 7.12. The number of para-hydroxylation sites is 1. The molecule has 2 aromatic rings. The van der Waals surface area contributed by atoms with Crippen LogP contribution in [-0.4, -0.2) is 12.6 Å². The van der Waals surface area contributed by atoms with Gasteiger partial charge in [0.1, 0.15) is 0 Å². The van der Waals surface area contributed by atoms with Gasteiger partial charge in [0, 0.05) is 15.4 Å². The summed E-state index contributed by atoms with van der Waals surface area (Å²) in [5.74, 6) is -0.239. The second kappa shape index (κ2) is 6.57. The number of hydrogen-bond acceptors (Lipinski definition) is 4. The van der Waals surface area contributed by atoms with Crippen LogP contribution in [-0.2, 0) is 9.53 Å². The molecule has 1 atom stereocenters. The number of carbonyl (C=O) groups excluding carboxylic acids is 1. The van der Waals surface area contributed by atoms with Crippen LogP contribution in [0, 0.1) is 13.8 Å². The number of aryl methyl sites for hydroxylation is 2. The minimum atomic E-state index is -0.456. The lowest BCUT2D eigenvalue weighted by Crippen LogP contribution is -2.23. The zero-order valence-electron chi connectivity index (χ0n) is 12.0. The van der Waals surface area contributed by atoms with E-state index in [0.717, 1.165) is 16.1 Å². The minimum absolute atomic E-state index is 0.239. The van der Waals surface area contributed by atoms with Gasteiger partial charge in [-0.05, 0) is 44.5 Å². The molecule has 0 saturated carbocycles. The summed E-state index contributed by atoms with van der Waals surface area (Å²) in [5.41, 5.74) is 1.91. The Labute approximate surface area is 123 Å². The number of thiophene rings is 1. The van der Waals surface area contributed by atoms with E-state index < -0.39 is 6.04 Å². The van der Waals surface area contributed by atoms with Crippen LogP contribution in [0.2, 0.25) is 0 Å². The highest BCUT2D eigenvalue weighted by Crippen LogP contribution is 2.29. The molecule has 20 heavy (non-hydrogen) atoms. The Kier molecular flexibility index (Phi) is 4.79. The Morgan fingerprint density at radius 2 is 2.00 bits per heavy atom. The molecule has 0 amide bonds. The minimum Gasteiger partial charge on any atom is -0.464 e. The molecule has 0 bridgehead atoms. The van der Waals surface area contributed by atoms with E-state index in [1.807, 2.05) is 51.1 Å². The predicted octanol–water partition coefficient (Wildman–Crippen LogP) is 4.08. The third-order valence-electron chi connectivity index (χ3n) is 3.00. The summed E-state index contributed by atoms with van der Waals surface area (Å²) in [7, 11) is 0. The first-order chi connectivity index (χ1) is 9.61. The van der Waals surface area contributed by atoms with Crippen LogP contribution in [0.3, 0.4) is 0 Å². The van der Waals surface area contributed by atoms with Gasteiger partial charge in [0.25, 0.3) is 0 Å². The fraction of sp³-hybridized carbons (Fsp3) is 0.312. The van der Waals surface area contributed by atoms with Crippen molar-refractivity contribution < 1.29 is 9.53 Å². The van der Waals surface area contributed by atoms with Gasteiger partial charge in [0.2, 0.25) is 0 Å². The highest BCUT2D eigenvalue weighted by atomic mass is 32.1. The Morgan fingerprint density at radius 1 is 1.30 bits per heavy atom. The molecule has 2 rings (SSSR count). The van der Waals surface area contributed by atoms with Crippen LogP contribution in [0.4, 0.5) is 5.69 Å². The molecule has 0 aliphatic rings. The molecule has 0 saturated heterocycles. The van der Waals surface area contributed by atoms with Crippen LogP contribution in [0.25, 0.3) is 0 Å². The summed E-state index contributed by atoms with van der Waals surface area (Å²) >= 11 is 1.70. The van der Waals surface area contributed by atoms with Crippen LogP contribution in [0.5, 0.6) is 0 Å². The molecule has 1 heterocycles. The number of rotatable bonds is 5. The van der Waals surface area contributed by atoms with Gasteiger partial charge in [-0.2, -0.15) is 0 Å². The van der Waals surface area contributed by atoms with Crippen molar-refractivity contribution in [2.75, 3.05) is 11.9 Å². The van der Waals surface area contributed by atoms with Gasteiger partial charge >= 0.3 is 5.97 Å². The summed E-state index contributed by atoms with van der Waals surface area (Å²) in [6, 6.07) is 11.3. The maximum atomic E-state index is 12.2. The number of ether oxygens (including phenoxy) is 1. The van der Waals surface area contributed by atoms with Crippen molar-refractivity contribution in [3.05, 3.63) is 51.7 Å². The van der Waals surface area contributed by atoms with E-state index in [9.17, 15) is 4.79 Å². The molecule has 0 aliphatic carbocycles. The van der Waals surface area contributed by atoms with Gasteiger partial charge in [-0.25, -0.2) is 4.79 Å². The quantitative estimate of drug-likeness (QED) is 0.843. The maximum absolute atomic E-state index is 12.2. The molecule has 0 radical (unpaired) electrons. The van der Waals surface area contributed by atoms with Crippen molar-refractivity contribution in [3.8, 4) is 0 Å². The molecule has 3 nitrogen and oxygen atoms in total. The highest BCUT2D eigenvalue weighted by Gasteiger charge is 2.24. The SMILES string of the molecule is CCOC(=O)C(Nc1ccccc1)c1cc(C)sc1C. The first-order valence-electron chi connectivity index (χ1n) is 6.67. The third-order valence-corrected chi connectivity index (χ3v) is 3.98. The van der Waals surface area contributed by atoms with Crippen LogP contribution in [0.1, 0.15) is 28.3 Å². The number of esters is 1. The van der Waals surface area contributed by atoms with E-state index in [2.05, 4.69) is 11.4 Å². The summed E-state index contributed by atoms with van der Waals surface area (Å²) in [5, 5.41) is 3.27. The van der Waals surface area contributed by atoms with Crippen LogP contribution >= 0.6 is 11.3 Å². The van der Waals surface area contributed by atoms with Gasteiger partial charge in [-0.1, -0.05) is 18.2 Å². The third kappa shape index (κ3) is 3.39. The first-order valence-corrected chi connectivity index (χ1v) is 7.48. The molecule has 1 aromatic carbocycles. The van der Waals surface area contributed by atoms with E-state index in [-0.39, 0.29) is 5.97 Å². The summed E-state index contributed by atoms with van der Waals surface area (Å²) in [4.78, 5) is 14.6. The predicted molar refractivity (Wildman–Crippen MR) is 83.2 cm³/mol. The zero-order valence-corrected chi connectivity index (χ0v) is 12.8. The second-order valence-electron chi connectivity index (χ2n) is 4.56.